The highest BCUT2D eigenvalue weighted by atomic mass is 32.1. The fraction of sp³-hybridized carbons (Fsp3) is 0.0909. The molecule has 0 saturated heterocycles. The number of hydrogen-bond donors (Lipinski definition) is 2. The van der Waals surface area contributed by atoms with E-state index in [1.54, 1.807) is 11.3 Å². The molecule has 0 aliphatic carbocycles. The summed E-state index contributed by atoms with van der Waals surface area (Å²) in [7, 11) is 0. The van der Waals surface area contributed by atoms with Gasteiger partial charge in [-0.15, -0.1) is 11.3 Å². The third kappa shape index (κ3) is 1.46. The van der Waals surface area contributed by atoms with Crippen LogP contribution in [0.1, 0.15) is 5.56 Å². The van der Waals surface area contributed by atoms with Crippen LogP contribution in [0.4, 0.5) is 11.4 Å². The molecule has 1 aromatic heterocycles. The van der Waals surface area contributed by atoms with E-state index in [-0.39, 0.29) is 0 Å². The van der Waals surface area contributed by atoms with E-state index in [2.05, 4.69) is 18.4 Å². The fourth-order valence-electron chi connectivity index (χ4n) is 1.42. The Hall–Kier alpha value is -1.48. The minimum atomic E-state index is 0.752. The number of hydrogen-bond acceptors (Lipinski definition) is 3. The van der Waals surface area contributed by atoms with Gasteiger partial charge in [0.2, 0.25) is 0 Å². The number of nitrogens with two attached hydrogens (primary N) is 2. The Balaban J connectivity index is 2.62. The molecular formula is C11H12N2S. The summed E-state index contributed by atoms with van der Waals surface area (Å²) in [4.78, 5) is 1.20. The van der Waals surface area contributed by atoms with Crippen molar-refractivity contribution in [2.45, 2.75) is 6.92 Å². The summed E-state index contributed by atoms with van der Waals surface area (Å²) in [6, 6.07) is 7.68. The number of aryl methyl sites for hydroxylation is 1. The van der Waals surface area contributed by atoms with Crippen molar-refractivity contribution < 1.29 is 0 Å². The molecule has 0 bridgehead atoms. The van der Waals surface area contributed by atoms with Gasteiger partial charge >= 0.3 is 0 Å². The number of anilines is 2. The molecule has 1 aromatic carbocycles. The van der Waals surface area contributed by atoms with E-state index in [0.717, 1.165) is 16.9 Å². The van der Waals surface area contributed by atoms with Crippen LogP contribution < -0.4 is 11.5 Å². The summed E-state index contributed by atoms with van der Waals surface area (Å²) in [5.41, 5.74) is 15.4. The second-order valence-corrected chi connectivity index (χ2v) is 4.20. The third-order valence-electron chi connectivity index (χ3n) is 2.18. The summed E-state index contributed by atoms with van der Waals surface area (Å²) in [5.74, 6) is 0. The van der Waals surface area contributed by atoms with Crippen molar-refractivity contribution in [3.63, 3.8) is 0 Å². The lowest BCUT2D eigenvalue weighted by molar-refractivity contribution is 1.53. The van der Waals surface area contributed by atoms with Crippen molar-refractivity contribution in [1.82, 2.24) is 0 Å². The molecule has 2 rings (SSSR count). The van der Waals surface area contributed by atoms with Crippen molar-refractivity contribution >= 4 is 22.7 Å². The Labute approximate surface area is 87.2 Å². The molecule has 0 amide bonds. The highest BCUT2D eigenvalue weighted by Gasteiger charge is 2.06. The predicted octanol–water partition coefficient (Wildman–Crippen LogP) is 2.89. The Morgan fingerprint density at radius 3 is 2.57 bits per heavy atom. The van der Waals surface area contributed by atoms with E-state index < -0.39 is 0 Å². The van der Waals surface area contributed by atoms with Crippen LogP contribution in [-0.2, 0) is 0 Å². The highest BCUT2D eigenvalue weighted by Crippen LogP contribution is 2.34. The third-order valence-corrected chi connectivity index (χ3v) is 3.23. The van der Waals surface area contributed by atoms with Gasteiger partial charge in [0.15, 0.2) is 0 Å². The van der Waals surface area contributed by atoms with Crippen LogP contribution in [0, 0.1) is 6.92 Å². The lowest BCUT2D eigenvalue weighted by Crippen LogP contribution is -1.92. The smallest absolute Gasteiger partial charge is 0.0403 e. The maximum absolute atomic E-state index is 5.90. The first-order chi connectivity index (χ1) is 6.68. The first-order valence-corrected chi connectivity index (χ1v) is 5.26. The zero-order valence-corrected chi connectivity index (χ0v) is 8.77. The van der Waals surface area contributed by atoms with Gasteiger partial charge in [0.25, 0.3) is 0 Å². The molecule has 4 N–H and O–H groups in total. The molecule has 1 heterocycles. The molecule has 3 heteroatoms. The van der Waals surface area contributed by atoms with Gasteiger partial charge < -0.3 is 11.5 Å². The van der Waals surface area contributed by atoms with Crippen molar-refractivity contribution in [3.8, 4) is 10.4 Å². The fourth-order valence-corrected chi connectivity index (χ4v) is 2.39. The van der Waals surface area contributed by atoms with E-state index in [1.807, 2.05) is 18.2 Å². The molecule has 0 atom stereocenters. The largest absolute Gasteiger partial charge is 0.399 e. The second kappa shape index (κ2) is 3.35. The molecule has 2 aromatic rings. The predicted molar refractivity (Wildman–Crippen MR) is 63.3 cm³/mol. The molecule has 72 valence electrons. The van der Waals surface area contributed by atoms with Gasteiger partial charge in [0.1, 0.15) is 0 Å². The minimum Gasteiger partial charge on any atom is -0.399 e. The molecule has 0 saturated carbocycles. The van der Waals surface area contributed by atoms with Crippen LogP contribution in [0.5, 0.6) is 0 Å². The molecule has 0 spiro atoms. The summed E-state index contributed by atoms with van der Waals surface area (Å²) in [6.07, 6.45) is 0. The van der Waals surface area contributed by atoms with Gasteiger partial charge in [-0.3, -0.25) is 0 Å². The molecule has 0 unspecified atom stereocenters. The van der Waals surface area contributed by atoms with Crippen molar-refractivity contribution in [3.05, 3.63) is 35.2 Å². The SMILES string of the molecule is Cc1ccsc1-c1cc(N)ccc1N. The number of thiophene rings is 1. The zero-order valence-electron chi connectivity index (χ0n) is 7.95. The van der Waals surface area contributed by atoms with Crippen LogP contribution in [0.3, 0.4) is 0 Å². The molecule has 0 fully saturated rings. The molecule has 14 heavy (non-hydrogen) atoms. The van der Waals surface area contributed by atoms with E-state index in [9.17, 15) is 0 Å². The van der Waals surface area contributed by atoms with Gasteiger partial charge in [-0.2, -0.15) is 0 Å². The maximum Gasteiger partial charge on any atom is 0.0403 e. The standard InChI is InChI=1S/C11H12N2S/c1-7-4-5-14-11(7)9-6-8(12)2-3-10(9)13/h2-6H,12-13H2,1H3. The summed E-state index contributed by atoms with van der Waals surface area (Å²) < 4.78 is 0. The van der Waals surface area contributed by atoms with E-state index >= 15 is 0 Å². The summed E-state index contributed by atoms with van der Waals surface area (Å²) in [5, 5.41) is 2.06. The molecule has 0 aliphatic rings. The average molecular weight is 204 g/mol. The van der Waals surface area contributed by atoms with Crippen molar-refractivity contribution in [2.24, 2.45) is 0 Å². The van der Waals surface area contributed by atoms with E-state index in [1.165, 1.54) is 10.4 Å². The average Bonchev–Trinajstić information content (AvgIpc) is 2.56. The number of rotatable bonds is 1. The normalized spacial score (nSPS) is 10.4. The monoisotopic (exact) mass is 204 g/mol. The summed E-state index contributed by atoms with van der Waals surface area (Å²) in [6.45, 7) is 2.08. The van der Waals surface area contributed by atoms with Crippen LogP contribution in [0.25, 0.3) is 10.4 Å². The first-order valence-electron chi connectivity index (χ1n) is 4.38. The van der Waals surface area contributed by atoms with E-state index in [0.29, 0.717) is 0 Å². The highest BCUT2D eigenvalue weighted by molar-refractivity contribution is 7.13. The Morgan fingerprint density at radius 1 is 1.14 bits per heavy atom. The van der Waals surface area contributed by atoms with E-state index in [4.69, 9.17) is 11.5 Å². The molecule has 0 radical (unpaired) electrons. The molecular weight excluding hydrogens is 192 g/mol. The lowest BCUT2D eigenvalue weighted by Gasteiger charge is -2.05. The van der Waals surface area contributed by atoms with Gasteiger partial charge in [0.05, 0.1) is 0 Å². The quantitative estimate of drug-likeness (QED) is 0.702. The second-order valence-electron chi connectivity index (χ2n) is 3.28. The van der Waals surface area contributed by atoms with Gasteiger partial charge in [-0.25, -0.2) is 0 Å². The van der Waals surface area contributed by atoms with Crippen molar-refractivity contribution in [2.75, 3.05) is 11.5 Å². The van der Waals surface area contributed by atoms with Crippen LogP contribution in [0.15, 0.2) is 29.6 Å². The van der Waals surface area contributed by atoms with Gasteiger partial charge in [0, 0.05) is 21.8 Å². The summed E-state index contributed by atoms with van der Waals surface area (Å²) >= 11 is 1.69. The first kappa shape index (κ1) is 9.09. The Morgan fingerprint density at radius 2 is 1.93 bits per heavy atom. The van der Waals surface area contributed by atoms with Crippen LogP contribution in [-0.4, -0.2) is 0 Å². The number of benzene rings is 1. The Kier molecular flexibility index (Phi) is 2.17. The van der Waals surface area contributed by atoms with Crippen LogP contribution >= 0.6 is 11.3 Å². The lowest BCUT2D eigenvalue weighted by atomic mass is 10.1. The molecule has 2 nitrogen and oxygen atoms in total. The van der Waals surface area contributed by atoms with Crippen molar-refractivity contribution in [1.29, 1.82) is 0 Å². The maximum atomic E-state index is 5.90. The van der Waals surface area contributed by atoms with Crippen LogP contribution in [0.2, 0.25) is 0 Å². The number of nitrogen functional groups attached to an aromatic ring is 2. The Bertz CT molecular complexity index is 460. The van der Waals surface area contributed by atoms with Gasteiger partial charge in [-0.1, -0.05) is 0 Å². The molecule has 0 aliphatic heterocycles. The van der Waals surface area contributed by atoms with Gasteiger partial charge in [-0.05, 0) is 42.1 Å². The minimum absolute atomic E-state index is 0.752. The topological polar surface area (TPSA) is 52.0 Å². The zero-order chi connectivity index (χ0) is 10.1.